The summed E-state index contributed by atoms with van der Waals surface area (Å²) in [5.41, 5.74) is 2.21. The maximum absolute atomic E-state index is 10.8. The summed E-state index contributed by atoms with van der Waals surface area (Å²) >= 11 is 0. The molecule has 0 saturated carbocycles. The van der Waals surface area contributed by atoms with Gasteiger partial charge in [0.15, 0.2) is 0 Å². The van der Waals surface area contributed by atoms with Gasteiger partial charge in [0.1, 0.15) is 6.04 Å². The minimum absolute atomic E-state index is 0.457. The van der Waals surface area contributed by atoms with Gasteiger partial charge in [-0.1, -0.05) is 36.5 Å². The summed E-state index contributed by atoms with van der Waals surface area (Å²) in [4.78, 5) is 12.6. The first-order valence-corrected chi connectivity index (χ1v) is 5.77. The van der Waals surface area contributed by atoms with Crippen LogP contribution in [0.5, 0.6) is 0 Å². The van der Waals surface area contributed by atoms with Gasteiger partial charge in [0.2, 0.25) is 0 Å². The average Bonchev–Trinajstić information content (AvgIpc) is 2.27. The Morgan fingerprint density at radius 1 is 1.53 bits per heavy atom. The Hall–Kier alpha value is -1.35. The molecule has 0 spiro atoms. The zero-order valence-corrected chi connectivity index (χ0v) is 11.1. The third-order valence-corrected chi connectivity index (χ3v) is 2.76. The molecule has 3 heteroatoms. The Kier molecular flexibility index (Phi) is 7.22. The fourth-order valence-corrected chi connectivity index (χ4v) is 1.39. The van der Waals surface area contributed by atoms with E-state index in [0.717, 1.165) is 18.4 Å². The Morgan fingerprint density at radius 3 is 2.59 bits per heavy atom. The van der Waals surface area contributed by atoms with Gasteiger partial charge >= 0.3 is 5.97 Å². The Bertz CT molecular complexity index is 318. The van der Waals surface area contributed by atoms with Gasteiger partial charge in [-0.2, -0.15) is 0 Å². The Balaban J connectivity index is 4.11. The van der Waals surface area contributed by atoms with E-state index in [2.05, 4.69) is 19.2 Å². The number of allylic oxidation sites excluding steroid dienone is 3. The summed E-state index contributed by atoms with van der Waals surface area (Å²) in [5, 5.41) is 8.86. The molecule has 0 unspecified atom stereocenters. The summed E-state index contributed by atoms with van der Waals surface area (Å²) in [6.07, 6.45) is 5.71. The molecule has 1 N–H and O–H groups in total. The number of carboxylic acids is 1. The SMILES string of the molecule is C=CC(=C)CC/C=C(\C)CN(C)[C@@H](C)C(=O)O. The van der Waals surface area contributed by atoms with Gasteiger partial charge < -0.3 is 5.11 Å². The minimum atomic E-state index is -0.791. The van der Waals surface area contributed by atoms with Crippen LogP contribution in [-0.2, 0) is 4.79 Å². The number of hydrogen-bond acceptors (Lipinski definition) is 2. The smallest absolute Gasteiger partial charge is 0.320 e. The molecule has 0 aromatic carbocycles. The highest BCUT2D eigenvalue weighted by atomic mass is 16.4. The van der Waals surface area contributed by atoms with Crippen molar-refractivity contribution in [1.82, 2.24) is 4.90 Å². The second-order valence-corrected chi connectivity index (χ2v) is 4.38. The fourth-order valence-electron chi connectivity index (χ4n) is 1.39. The van der Waals surface area contributed by atoms with E-state index in [0.29, 0.717) is 6.54 Å². The zero-order chi connectivity index (χ0) is 13.4. The lowest BCUT2D eigenvalue weighted by molar-refractivity contribution is -0.141. The number of likely N-dealkylation sites (N-methyl/N-ethyl adjacent to an activating group) is 1. The molecule has 0 saturated heterocycles. The molecule has 0 bridgehead atoms. The van der Waals surface area contributed by atoms with Crippen LogP contribution in [0, 0.1) is 0 Å². The van der Waals surface area contributed by atoms with E-state index < -0.39 is 12.0 Å². The number of aliphatic carboxylic acids is 1. The Labute approximate surface area is 104 Å². The summed E-state index contributed by atoms with van der Waals surface area (Å²) in [5.74, 6) is -0.791. The molecule has 1 atom stereocenters. The molecule has 0 radical (unpaired) electrons. The van der Waals surface area contributed by atoms with Crippen LogP contribution in [0.2, 0.25) is 0 Å². The standard InChI is InChI=1S/C14H23NO2/c1-6-11(2)8-7-9-12(3)10-15(5)13(4)14(16)17/h6,9,13H,1-2,7-8,10H2,3-5H3,(H,16,17)/b12-9+/t13-/m0/s1. The lowest BCUT2D eigenvalue weighted by Crippen LogP contribution is -2.36. The van der Waals surface area contributed by atoms with E-state index in [1.54, 1.807) is 13.0 Å². The maximum Gasteiger partial charge on any atom is 0.320 e. The van der Waals surface area contributed by atoms with E-state index in [9.17, 15) is 4.79 Å². The second kappa shape index (κ2) is 7.85. The van der Waals surface area contributed by atoms with Gasteiger partial charge in [0.25, 0.3) is 0 Å². The molecule has 0 amide bonds. The first-order valence-electron chi connectivity index (χ1n) is 5.77. The number of rotatable bonds is 8. The van der Waals surface area contributed by atoms with Crippen molar-refractivity contribution in [1.29, 1.82) is 0 Å². The van der Waals surface area contributed by atoms with Gasteiger partial charge in [0, 0.05) is 6.54 Å². The van der Waals surface area contributed by atoms with Crippen LogP contribution in [0.3, 0.4) is 0 Å². The van der Waals surface area contributed by atoms with Crippen molar-refractivity contribution < 1.29 is 9.90 Å². The summed E-state index contributed by atoms with van der Waals surface area (Å²) < 4.78 is 0. The van der Waals surface area contributed by atoms with E-state index in [-0.39, 0.29) is 0 Å². The molecular weight excluding hydrogens is 214 g/mol. The van der Waals surface area contributed by atoms with E-state index in [4.69, 9.17) is 5.11 Å². The molecule has 0 heterocycles. The van der Waals surface area contributed by atoms with Gasteiger partial charge in [-0.15, -0.1) is 0 Å². The third-order valence-electron chi connectivity index (χ3n) is 2.76. The Morgan fingerprint density at radius 2 is 2.12 bits per heavy atom. The van der Waals surface area contributed by atoms with Crippen LogP contribution in [0.15, 0.2) is 36.5 Å². The lowest BCUT2D eigenvalue weighted by atomic mass is 10.1. The van der Waals surface area contributed by atoms with Gasteiger partial charge in [0.05, 0.1) is 0 Å². The highest BCUT2D eigenvalue weighted by molar-refractivity contribution is 5.72. The van der Waals surface area contributed by atoms with Gasteiger partial charge in [-0.3, -0.25) is 9.69 Å². The molecule has 17 heavy (non-hydrogen) atoms. The van der Waals surface area contributed by atoms with Crippen LogP contribution in [-0.4, -0.2) is 35.6 Å². The van der Waals surface area contributed by atoms with Gasteiger partial charge in [-0.25, -0.2) is 0 Å². The first kappa shape index (κ1) is 15.7. The summed E-state index contributed by atoms with van der Waals surface area (Å²) in [7, 11) is 1.82. The highest BCUT2D eigenvalue weighted by Gasteiger charge is 2.16. The largest absolute Gasteiger partial charge is 0.480 e. The van der Waals surface area contributed by atoms with Crippen molar-refractivity contribution in [3.05, 3.63) is 36.5 Å². The maximum atomic E-state index is 10.8. The van der Waals surface area contributed by atoms with Crippen molar-refractivity contribution in [2.24, 2.45) is 0 Å². The van der Waals surface area contributed by atoms with Crippen molar-refractivity contribution in [2.45, 2.75) is 32.7 Å². The molecule has 3 nitrogen and oxygen atoms in total. The van der Waals surface area contributed by atoms with E-state index in [1.165, 1.54) is 5.57 Å². The summed E-state index contributed by atoms with van der Waals surface area (Å²) in [6.45, 7) is 11.9. The molecule has 96 valence electrons. The number of hydrogen-bond donors (Lipinski definition) is 1. The second-order valence-electron chi connectivity index (χ2n) is 4.38. The molecule has 0 aliphatic carbocycles. The highest BCUT2D eigenvalue weighted by Crippen LogP contribution is 2.08. The number of carboxylic acid groups (broad SMARTS) is 1. The van der Waals surface area contributed by atoms with Crippen LogP contribution in [0.4, 0.5) is 0 Å². The topological polar surface area (TPSA) is 40.5 Å². The molecule has 0 aromatic heterocycles. The zero-order valence-electron chi connectivity index (χ0n) is 11.1. The van der Waals surface area contributed by atoms with Crippen molar-refractivity contribution in [3.63, 3.8) is 0 Å². The first-order chi connectivity index (χ1) is 7.88. The van der Waals surface area contributed by atoms with Crippen LogP contribution >= 0.6 is 0 Å². The average molecular weight is 237 g/mol. The minimum Gasteiger partial charge on any atom is -0.480 e. The molecular formula is C14H23NO2. The quantitative estimate of drug-likeness (QED) is 0.521. The predicted octanol–water partition coefficient (Wildman–Crippen LogP) is 2.86. The summed E-state index contributed by atoms with van der Waals surface area (Å²) in [6, 6.07) is -0.457. The van der Waals surface area contributed by atoms with Crippen LogP contribution in [0.25, 0.3) is 0 Å². The number of nitrogens with zero attached hydrogens (tertiary/aromatic N) is 1. The molecule has 0 rings (SSSR count). The van der Waals surface area contributed by atoms with E-state index >= 15 is 0 Å². The predicted molar refractivity (Wildman–Crippen MR) is 72.1 cm³/mol. The van der Waals surface area contributed by atoms with Crippen molar-refractivity contribution in [2.75, 3.05) is 13.6 Å². The fraction of sp³-hybridized carbons (Fsp3) is 0.500. The molecule has 0 aliphatic rings. The third kappa shape index (κ3) is 6.74. The van der Waals surface area contributed by atoms with E-state index in [1.807, 2.05) is 18.9 Å². The van der Waals surface area contributed by atoms with Crippen LogP contribution in [0.1, 0.15) is 26.7 Å². The van der Waals surface area contributed by atoms with Crippen LogP contribution < -0.4 is 0 Å². The molecule has 0 fully saturated rings. The lowest BCUT2D eigenvalue weighted by Gasteiger charge is -2.21. The number of carbonyl (C=O) groups is 1. The van der Waals surface area contributed by atoms with Crippen molar-refractivity contribution >= 4 is 5.97 Å². The van der Waals surface area contributed by atoms with Gasteiger partial charge in [-0.05, 0) is 33.7 Å². The monoisotopic (exact) mass is 237 g/mol. The molecule has 0 aliphatic heterocycles. The molecule has 0 aromatic rings. The normalized spacial score (nSPS) is 13.5. The van der Waals surface area contributed by atoms with Crippen molar-refractivity contribution in [3.8, 4) is 0 Å².